The number of carboxylic acid groups (broad SMARTS) is 1. The first-order valence-electron chi connectivity index (χ1n) is 11.5. The molecule has 0 aliphatic carbocycles. The fourth-order valence-corrected chi connectivity index (χ4v) is 5.25. The van der Waals surface area contributed by atoms with Crippen molar-refractivity contribution >= 4 is 40.8 Å². The van der Waals surface area contributed by atoms with Gasteiger partial charge in [-0.2, -0.15) is 0 Å². The summed E-state index contributed by atoms with van der Waals surface area (Å²) in [6, 6.07) is 11.5. The molecule has 180 valence electrons. The van der Waals surface area contributed by atoms with Crippen molar-refractivity contribution in [1.82, 2.24) is 4.90 Å². The van der Waals surface area contributed by atoms with Gasteiger partial charge >= 0.3 is 5.97 Å². The predicted molar refractivity (Wildman–Crippen MR) is 132 cm³/mol. The summed E-state index contributed by atoms with van der Waals surface area (Å²) in [5, 5.41) is 12.7. The number of aromatic carboxylic acids is 1. The number of likely N-dealkylation sites (tertiary alicyclic amines) is 1. The third-order valence-electron chi connectivity index (χ3n) is 6.98. The van der Waals surface area contributed by atoms with Gasteiger partial charge in [-0.25, -0.2) is 4.79 Å². The first-order chi connectivity index (χ1) is 16.3. The Bertz CT molecular complexity index is 1090. The molecular formula is C25H29ClN4O4. The normalized spacial score (nSPS) is 18.3. The van der Waals surface area contributed by atoms with Gasteiger partial charge < -0.3 is 21.1 Å². The maximum Gasteiger partial charge on any atom is 0.337 e. The third-order valence-corrected chi connectivity index (χ3v) is 7.31. The van der Waals surface area contributed by atoms with Crippen LogP contribution in [0.1, 0.15) is 52.8 Å². The number of piperidine rings is 2. The largest absolute Gasteiger partial charge is 0.478 e. The molecule has 0 radical (unpaired) electrons. The van der Waals surface area contributed by atoms with Crippen LogP contribution in [0.4, 0.5) is 11.4 Å². The summed E-state index contributed by atoms with van der Waals surface area (Å²) in [6.07, 6.45) is 4.50. The van der Waals surface area contributed by atoms with E-state index in [2.05, 4.69) is 15.1 Å². The summed E-state index contributed by atoms with van der Waals surface area (Å²) in [5.74, 6) is -1.90. The quantitative estimate of drug-likeness (QED) is 0.577. The van der Waals surface area contributed by atoms with Gasteiger partial charge in [0.25, 0.3) is 5.91 Å². The number of anilines is 2. The molecule has 2 saturated heterocycles. The number of nitrogens with zero attached hydrogens (tertiary/aromatic N) is 2. The van der Waals surface area contributed by atoms with Crippen molar-refractivity contribution in [2.75, 3.05) is 36.4 Å². The molecule has 8 nitrogen and oxygen atoms in total. The van der Waals surface area contributed by atoms with Crippen LogP contribution >= 0.6 is 11.6 Å². The molecule has 0 unspecified atom stereocenters. The molecule has 2 aromatic rings. The van der Waals surface area contributed by atoms with E-state index in [0.717, 1.165) is 31.6 Å². The molecule has 0 aromatic heterocycles. The van der Waals surface area contributed by atoms with E-state index >= 15 is 0 Å². The van der Waals surface area contributed by atoms with E-state index in [-0.39, 0.29) is 27.7 Å². The summed E-state index contributed by atoms with van der Waals surface area (Å²) >= 11 is 6.10. The predicted octanol–water partition coefficient (Wildman–Crippen LogP) is 3.60. The lowest BCUT2D eigenvalue weighted by atomic mass is 9.83. The standard InChI is InChI=1S/C25H29ClN4O4/c26-20-7-3-2-6-18(20)22(31)28-21-9-8-17(16-19(21)23(32)33)29-14-10-25(11-15-29,24(27)34)30-12-4-1-5-13-30/h2-3,6-9,16H,1,4-5,10-15H2,(H2,27,34)(H,28,31)(H,32,33). The zero-order chi connectivity index (χ0) is 24.3. The lowest BCUT2D eigenvalue weighted by molar-refractivity contribution is -0.132. The average molecular weight is 485 g/mol. The fourth-order valence-electron chi connectivity index (χ4n) is 5.03. The van der Waals surface area contributed by atoms with Crippen molar-refractivity contribution < 1.29 is 19.5 Å². The average Bonchev–Trinajstić information content (AvgIpc) is 2.85. The molecule has 2 amide bonds. The van der Waals surface area contributed by atoms with E-state index in [1.807, 2.05) is 0 Å². The van der Waals surface area contributed by atoms with Crippen molar-refractivity contribution in [2.24, 2.45) is 5.73 Å². The van der Waals surface area contributed by atoms with Gasteiger partial charge in [-0.05, 0) is 69.1 Å². The number of rotatable bonds is 6. The Balaban J connectivity index is 1.51. The van der Waals surface area contributed by atoms with Crippen LogP contribution in [-0.4, -0.2) is 59.5 Å². The van der Waals surface area contributed by atoms with Crippen molar-refractivity contribution in [1.29, 1.82) is 0 Å². The van der Waals surface area contributed by atoms with Crippen LogP contribution in [-0.2, 0) is 4.79 Å². The van der Waals surface area contributed by atoms with Crippen LogP contribution in [0.3, 0.4) is 0 Å². The van der Waals surface area contributed by atoms with Gasteiger partial charge in [0.1, 0.15) is 5.54 Å². The lowest BCUT2D eigenvalue weighted by Gasteiger charge is -2.48. The zero-order valence-electron chi connectivity index (χ0n) is 18.9. The minimum absolute atomic E-state index is 0.0133. The third kappa shape index (κ3) is 4.74. The Morgan fingerprint density at radius 2 is 1.62 bits per heavy atom. The van der Waals surface area contributed by atoms with Crippen LogP contribution in [0.5, 0.6) is 0 Å². The Labute approximate surface area is 203 Å². The zero-order valence-corrected chi connectivity index (χ0v) is 19.7. The molecule has 2 aliphatic heterocycles. The molecule has 2 aliphatic rings. The number of hydrogen-bond acceptors (Lipinski definition) is 5. The van der Waals surface area contributed by atoms with Gasteiger partial charge in [0.2, 0.25) is 5.91 Å². The minimum atomic E-state index is -1.15. The van der Waals surface area contributed by atoms with Gasteiger partial charge in [-0.1, -0.05) is 30.2 Å². The molecular weight excluding hydrogens is 456 g/mol. The van der Waals surface area contributed by atoms with Crippen molar-refractivity contribution in [2.45, 2.75) is 37.6 Å². The van der Waals surface area contributed by atoms with Gasteiger partial charge in [0.15, 0.2) is 0 Å². The van der Waals surface area contributed by atoms with E-state index in [1.54, 1.807) is 42.5 Å². The number of benzene rings is 2. The van der Waals surface area contributed by atoms with E-state index in [4.69, 9.17) is 17.3 Å². The first kappa shape index (κ1) is 24.0. The number of carboxylic acids is 1. The first-order valence-corrected chi connectivity index (χ1v) is 11.9. The molecule has 0 atom stereocenters. The van der Waals surface area contributed by atoms with Crippen LogP contribution in [0.15, 0.2) is 42.5 Å². The Morgan fingerprint density at radius 1 is 0.941 bits per heavy atom. The molecule has 34 heavy (non-hydrogen) atoms. The molecule has 2 fully saturated rings. The molecule has 0 spiro atoms. The molecule has 4 rings (SSSR count). The van der Waals surface area contributed by atoms with E-state index in [9.17, 15) is 19.5 Å². The number of halogens is 1. The Kier molecular flexibility index (Phi) is 7.09. The van der Waals surface area contributed by atoms with Crippen LogP contribution in [0.25, 0.3) is 0 Å². The summed E-state index contributed by atoms with van der Waals surface area (Å²) in [7, 11) is 0. The number of nitrogens with one attached hydrogen (secondary N) is 1. The van der Waals surface area contributed by atoms with Gasteiger partial charge in [-0.3, -0.25) is 14.5 Å². The summed E-state index contributed by atoms with van der Waals surface area (Å²) in [6.45, 7) is 2.94. The number of hydrogen-bond donors (Lipinski definition) is 3. The summed E-state index contributed by atoms with van der Waals surface area (Å²) in [5.41, 5.74) is 6.41. The molecule has 2 aromatic carbocycles. The molecule has 4 N–H and O–H groups in total. The smallest absolute Gasteiger partial charge is 0.337 e. The second kappa shape index (κ2) is 10.0. The number of amides is 2. The second-order valence-electron chi connectivity index (χ2n) is 8.90. The lowest BCUT2D eigenvalue weighted by Crippen LogP contribution is -2.63. The molecule has 2 heterocycles. The maximum atomic E-state index is 12.6. The van der Waals surface area contributed by atoms with E-state index in [1.165, 1.54) is 6.42 Å². The maximum absolute atomic E-state index is 12.6. The number of carbonyl (C=O) groups excluding carboxylic acids is 2. The van der Waals surface area contributed by atoms with Crippen LogP contribution in [0, 0.1) is 0 Å². The molecule has 0 saturated carbocycles. The SMILES string of the molecule is NC(=O)C1(N2CCCCC2)CCN(c2ccc(NC(=O)c3ccccc3Cl)c(C(=O)O)c2)CC1. The van der Waals surface area contributed by atoms with Gasteiger partial charge in [0, 0.05) is 18.8 Å². The number of carbonyl (C=O) groups is 3. The van der Waals surface area contributed by atoms with E-state index in [0.29, 0.717) is 25.9 Å². The monoisotopic (exact) mass is 484 g/mol. The summed E-state index contributed by atoms with van der Waals surface area (Å²) < 4.78 is 0. The Hall–Kier alpha value is -3.10. The molecule has 0 bridgehead atoms. The van der Waals surface area contributed by atoms with Crippen molar-refractivity contribution in [3.63, 3.8) is 0 Å². The highest BCUT2D eigenvalue weighted by atomic mass is 35.5. The number of primary amides is 1. The van der Waals surface area contributed by atoms with Gasteiger partial charge in [0.05, 0.1) is 21.8 Å². The fraction of sp³-hybridized carbons (Fsp3) is 0.400. The second-order valence-corrected chi connectivity index (χ2v) is 9.31. The van der Waals surface area contributed by atoms with Crippen molar-refractivity contribution in [3.8, 4) is 0 Å². The highest BCUT2D eigenvalue weighted by molar-refractivity contribution is 6.34. The van der Waals surface area contributed by atoms with E-state index < -0.39 is 17.4 Å². The highest BCUT2D eigenvalue weighted by Crippen LogP contribution is 2.34. The van der Waals surface area contributed by atoms with Crippen LogP contribution < -0.4 is 16.0 Å². The van der Waals surface area contributed by atoms with Crippen LogP contribution in [0.2, 0.25) is 5.02 Å². The summed E-state index contributed by atoms with van der Waals surface area (Å²) in [4.78, 5) is 41.4. The number of nitrogens with two attached hydrogens (primary N) is 1. The van der Waals surface area contributed by atoms with Crippen molar-refractivity contribution in [3.05, 3.63) is 58.6 Å². The highest BCUT2D eigenvalue weighted by Gasteiger charge is 2.45. The minimum Gasteiger partial charge on any atom is -0.478 e. The molecule has 9 heteroatoms. The Morgan fingerprint density at radius 3 is 2.24 bits per heavy atom. The van der Waals surface area contributed by atoms with Gasteiger partial charge in [-0.15, -0.1) is 0 Å². The topological polar surface area (TPSA) is 116 Å².